The second-order valence-electron chi connectivity index (χ2n) is 5.50. The lowest BCUT2D eigenvalue weighted by molar-refractivity contribution is 0.165. The van der Waals surface area contributed by atoms with Gasteiger partial charge in [0.2, 0.25) is 0 Å². The molecule has 21 heavy (non-hydrogen) atoms. The molecule has 0 aliphatic heterocycles. The van der Waals surface area contributed by atoms with Gasteiger partial charge in [-0.15, -0.1) is 0 Å². The molecule has 0 spiro atoms. The molecule has 0 fully saturated rings. The Bertz CT molecular complexity index is 525. The normalized spacial score (nSPS) is 14.4. The summed E-state index contributed by atoms with van der Waals surface area (Å²) in [6.45, 7) is 5.20. The zero-order valence-electron chi connectivity index (χ0n) is 12.8. The van der Waals surface area contributed by atoms with Crippen LogP contribution >= 0.6 is 11.8 Å². The first-order valence-corrected chi connectivity index (χ1v) is 8.50. The maximum Gasteiger partial charge on any atom is 0.256 e. The highest BCUT2D eigenvalue weighted by Crippen LogP contribution is 2.24. The number of hydrogen-bond acceptors (Lipinski definition) is 5. The van der Waals surface area contributed by atoms with Gasteiger partial charge in [-0.05, 0) is 38.4 Å². The fraction of sp³-hybridized carbons (Fsp3) is 0.562. The van der Waals surface area contributed by atoms with Crippen molar-refractivity contribution in [3.63, 3.8) is 0 Å². The average Bonchev–Trinajstić information content (AvgIpc) is 2.90. The molecule has 0 bridgehead atoms. The molecule has 1 atom stereocenters. The van der Waals surface area contributed by atoms with E-state index in [4.69, 9.17) is 4.42 Å². The number of nitrogens with zero attached hydrogens (tertiary/aromatic N) is 1. The number of likely N-dealkylation sites (N-methyl/N-ethyl adjacent to an activating group) is 1. The minimum atomic E-state index is -0.156. The van der Waals surface area contributed by atoms with Crippen molar-refractivity contribution < 1.29 is 9.52 Å². The molecule has 0 aliphatic carbocycles. The molecule has 2 aromatic rings. The number of aliphatic hydroxyl groups is 1. The van der Waals surface area contributed by atoms with Crippen LogP contribution in [0.1, 0.15) is 33.1 Å². The van der Waals surface area contributed by atoms with Crippen LogP contribution in [-0.2, 0) is 0 Å². The van der Waals surface area contributed by atoms with E-state index in [0.29, 0.717) is 0 Å². The van der Waals surface area contributed by atoms with Gasteiger partial charge >= 0.3 is 0 Å². The summed E-state index contributed by atoms with van der Waals surface area (Å²) in [6, 6.07) is 7.83. The van der Waals surface area contributed by atoms with Crippen LogP contribution in [0.25, 0.3) is 11.1 Å². The standard InChI is InChI=1S/C16H24N2O2S/c1-3-17-16(2,12-19)10-6-7-11-21-15-18-13-8-4-5-9-14(13)20-15/h4-5,8-9,17,19H,3,6-7,10-12H2,1-2H3. The molecule has 0 saturated carbocycles. The van der Waals surface area contributed by atoms with Gasteiger partial charge in [0.1, 0.15) is 5.52 Å². The third-order valence-corrected chi connectivity index (χ3v) is 4.49. The number of benzene rings is 1. The summed E-state index contributed by atoms with van der Waals surface area (Å²) in [5.41, 5.74) is 1.61. The number of thioether (sulfide) groups is 1. The number of oxazole rings is 1. The first kappa shape index (κ1) is 16.3. The van der Waals surface area contributed by atoms with Crippen LogP contribution in [0.4, 0.5) is 0 Å². The monoisotopic (exact) mass is 308 g/mol. The summed E-state index contributed by atoms with van der Waals surface area (Å²) >= 11 is 1.66. The molecule has 1 aromatic carbocycles. The molecule has 0 saturated heterocycles. The molecule has 0 amide bonds. The van der Waals surface area contributed by atoms with E-state index in [9.17, 15) is 5.11 Å². The van der Waals surface area contributed by atoms with E-state index in [1.54, 1.807) is 11.8 Å². The van der Waals surface area contributed by atoms with Crippen LogP contribution < -0.4 is 5.32 Å². The van der Waals surface area contributed by atoms with E-state index < -0.39 is 0 Å². The molecule has 5 heteroatoms. The lowest BCUT2D eigenvalue weighted by atomic mass is 9.96. The number of rotatable bonds is 9. The third-order valence-electron chi connectivity index (χ3n) is 3.58. The summed E-state index contributed by atoms with van der Waals surface area (Å²) in [6.07, 6.45) is 3.15. The molecule has 1 heterocycles. The lowest BCUT2D eigenvalue weighted by Gasteiger charge is -2.28. The maximum atomic E-state index is 9.44. The highest BCUT2D eigenvalue weighted by molar-refractivity contribution is 7.99. The van der Waals surface area contributed by atoms with E-state index in [0.717, 1.165) is 47.9 Å². The number of fused-ring (bicyclic) bond motifs is 1. The topological polar surface area (TPSA) is 58.3 Å². The summed E-state index contributed by atoms with van der Waals surface area (Å²) < 4.78 is 5.67. The number of hydrogen-bond donors (Lipinski definition) is 2. The van der Waals surface area contributed by atoms with Crippen molar-refractivity contribution in [2.45, 2.75) is 43.9 Å². The fourth-order valence-corrected chi connectivity index (χ4v) is 3.17. The lowest BCUT2D eigenvalue weighted by Crippen LogP contribution is -2.45. The van der Waals surface area contributed by atoms with Crippen molar-refractivity contribution in [1.29, 1.82) is 0 Å². The zero-order valence-corrected chi connectivity index (χ0v) is 13.6. The molecule has 2 N–H and O–H groups in total. The van der Waals surface area contributed by atoms with Crippen molar-refractivity contribution in [2.75, 3.05) is 18.9 Å². The third kappa shape index (κ3) is 4.73. The Morgan fingerprint density at radius 3 is 2.86 bits per heavy atom. The van der Waals surface area contributed by atoms with Crippen LogP contribution in [0.2, 0.25) is 0 Å². The quantitative estimate of drug-likeness (QED) is 0.549. The number of aromatic nitrogens is 1. The second kappa shape index (κ2) is 7.82. The van der Waals surface area contributed by atoms with Gasteiger partial charge in [0.05, 0.1) is 6.61 Å². The summed E-state index contributed by atoms with van der Waals surface area (Å²) in [5.74, 6) is 0.987. The summed E-state index contributed by atoms with van der Waals surface area (Å²) in [4.78, 5) is 4.45. The fourth-order valence-electron chi connectivity index (χ4n) is 2.34. The van der Waals surface area contributed by atoms with E-state index in [2.05, 4.69) is 24.1 Å². The van der Waals surface area contributed by atoms with Gasteiger partial charge in [-0.1, -0.05) is 37.2 Å². The Labute approximate surface area is 130 Å². The van der Waals surface area contributed by atoms with Gasteiger partial charge in [-0.25, -0.2) is 4.98 Å². The Morgan fingerprint density at radius 2 is 2.14 bits per heavy atom. The highest BCUT2D eigenvalue weighted by atomic mass is 32.2. The Kier molecular flexibility index (Phi) is 6.08. The highest BCUT2D eigenvalue weighted by Gasteiger charge is 2.20. The smallest absolute Gasteiger partial charge is 0.256 e. The summed E-state index contributed by atoms with van der Waals surface area (Å²) in [7, 11) is 0. The molecule has 2 rings (SSSR count). The minimum absolute atomic E-state index is 0.156. The Morgan fingerprint density at radius 1 is 1.33 bits per heavy atom. The van der Waals surface area contributed by atoms with E-state index >= 15 is 0 Å². The van der Waals surface area contributed by atoms with E-state index in [1.165, 1.54) is 0 Å². The predicted molar refractivity (Wildman–Crippen MR) is 87.8 cm³/mol. The first-order valence-electron chi connectivity index (χ1n) is 7.51. The molecule has 4 nitrogen and oxygen atoms in total. The van der Waals surface area contributed by atoms with Gasteiger partial charge in [0.25, 0.3) is 5.22 Å². The minimum Gasteiger partial charge on any atom is -0.431 e. The number of nitrogens with one attached hydrogen (secondary N) is 1. The maximum absolute atomic E-state index is 9.44. The van der Waals surface area contributed by atoms with Gasteiger partial charge in [0.15, 0.2) is 5.58 Å². The zero-order chi connectivity index (χ0) is 15.1. The number of unbranched alkanes of at least 4 members (excludes halogenated alkanes) is 1. The van der Waals surface area contributed by atoms with Crippen LogP contribution in [0.3, 0.4) is 0 Å². The van der Waals surface area contributed by atoms with Crippen LogP contribution in [0, 0.1) is 0 Å². The van der Waals surface area contributed by atoms with E-state index in [1.807, 2.05) is 24.3 Å². The van der Waals surface area contributed by atoms with Gasteiger partial charge in [-0.2, -0.15) is 0 Å². The van der Waals surface area contributed by atoms with Crippen molar-refractivity contribution in [3.8, 4) is 0 Å². The molecule has 0 radical (unpaired) electrons. The Hall–Kier alpha value is -1.04. The van der Waals surface area contributed by atoms with Crippen molar-refractivity contribution in [2.24, 2.45) is 0 Å². The van der Waals surface area contributed by atoms with Crippen molar-refractivity contribution >= 4 is 22.9 Å². The van der Waals surface area contributed by atoms with E-state index in [-0.39, 0.29) is 12.1 Å². The molecule has 1 aromatic heterocycles. The molecule has 1 unspecified atom stereocenters. The largest absolute Gasteiger partial charge is 0.431 e. The predicted octanol–water partition coefficient (Wildman–Crippen LogP) is 3.45. The van der Waals surface area contributed by atoms with Gasteiger partial charge < -0.3 is 14.8 Å². The Balaban J connectivity index is 1.72. The van der Waals surface area contributed by atoms with Crippen molar-refractivity contribution in [1.82, 2.24) is 10.3 Å². The molecule has 116 valence electrons. The van der Waals surface area contributed by atoms with Gasteiger partial charge in [0, 0.05) is 11.3 Å². The molecular formula is C16H24N2O2S. The molecule has 0 aliphatic rings. The first-order chi connectivity index (χ1) is 10.2. The number of aliphatic hydroxyl groups excluding tert-OH is 1. The van der Waals surface area contributed by atoms with Gasteiger partial charge in [-0.3, -0.25) is 0 Å². The van der Waals surface area contributed by atoms with Crippen LogP contribution in [0.15, 0.2) is 33.9 Å². The molecular weight excluding hydrogens is 284 g/mol. The van der Waals surface area contributed by atoms with Crippen LogP contribution in [-0.4, -0.2) is 34.5 Å². The summed E-state index contributed by atoms with van der Waals surface area (Å²) in [5, 5.41) is 13.5. The second-order valence-corrected chi connectivity index (χ2v) is 6.55. The SMILES string of the molecule is CCNC(C)(CO)CCCCSc1nc2ccccc2o1. The van der Waals surface area contributed by atoms with Crippen LogP contribution in [0.5, 0.6) is 0 Å². The average molecular weight is 308 g/mol. The number of para-hydroxylation sites is 2. The van der Waals surface area contributed by atoms with Crippen molar-refractivity contribution in [3.05, 3.63) is 24.3 Å².